The smallest absolute Gasteiger partial charge is 0.324 e. The van der Waals surface area contributed by atoms with Gasteiger partial charge in [0.05, 0.1) is 10.7 Å². The Bertz CT molecular complexity index is 486. The average molecular weight is 282 g/mol. The Labute approximate surface area is 118 Å². The molecule has 1 fully saturated rings. The number of likely N-dealkylation sites (tertiary alicyclic amines) is 1. The molecule has 0 radical (unpaired) electrons. The van der Waals surface area contributed by atoms with Gasteiger partial charge in [0.2, 0.25) is 0 Å². The number of carbonyl (C=O) groups is 1. The molecule has 0 aliphatic carbocycles. The summed E-state index contributed by atoms with van der Waals surface area (Å²) >= 11 is 1.69. The molecule has 1 aliphatic rings. The molecule has 0 spiro atoms. The highest BCUT2D eigenvalue weighted by Crippen LogP contribution is 2.41. The normalized spacial score (nSPS) is 25.7. The first-order valence-electron chi connectivity index (χ1n) is 6.86. The van der Waals surface area contributed by atoms with Crippen molar-refractivity contribution in [3.63, 3.8) is 0 Å². The molecule has 1 N–H and O–H groups in total. The van der Waals surface area contributed by atoms with Crippen LogP contribution in [-0.4, -0.2) is 33.0 Å². The monoisotopic (exact) mass is 282 g/mol. The second kappa shape index (κ2) is 5.21. The van der Waals surface area contributed by atoms with E-state index in [0.29, 0.717) is 6.42 Å². The summed E-state index contributed by atoms with van der Waals surface area (Å²) in [5.41, 5.74) is 0.348. The van der Waals surface area contributed by atoms with Gasteiger partial charge in [0, 0.05) is 10.9 Å². The maximum absolute atomic E-state index is 11.7. The van der Waals surface area contributed by atoms with Crippen LogP contribution in [0.4, 0.5) is 0 Å². The lowest BCUT2D eigenvalue weighted by Crippen LogP contribution is -2.50. The fourth-order valence-corrected chi connectivity index (χ4v) is 4.29. The van der Waals surface area contributed by atoms with Crippen LogP contribution in [0.25, 0.3) is 0 Å². The van der Waals surface area contributed by atoms with E-state index >= 15 is 0 Å². The molecule has 1 aromatic rings. The predicted octanol–water partition coefficient (Wildman–Crippen LogP) is 3.15. The van der Waals surface area contributed by atoms with E-state index in [9.17, 15) is 9.90 Å². The fourth-order valence-electron chi connectivity index (χ4n) is 3.30. The molecule has 106 valence electrons. The molecule has 1 aliphatic heterocycles. The third kappa shape index (κ3) is 2.30. The molecular weight excluding hydrogens is 260 g/mol. The minimum absolute atomic E-state index is 0.129. The minimum atomic E-state index is -0.691. The Kier molecular flexibility index (Phi) is 3.97. The van der Waals surface area contributed by atoms with Crippen LogP contribution in [0.2, 0.25) is 0 Å². The molecule has 0 saturated carbocycles. The zero-order valence-corrected chi connectivity index (χ0v) is 12.9. The molecule has 0 aromatic carbocycles. The Morgan fingerprint density at radius 3 is 2.74 bits per heavy atom. The number of nitrogens with zero attached hydrogens (tertiary/aromatic N) is 2. The van der Waals surface area contributed by atoms with Crippen molar-refractivity contribution in [2.75, 3.05) is 6.54 Å². The molecule has 0 amide bonds. The minimum Gasteiger partial charge on any atom is -0.480 e. The first-order chi connectivity index (χ1) is 8.92. The molecule has 0 bridgehead atoms. The number of aryl methyl sites for hydroxylation is 2. The quantitative estimate of drug-likeness (QED) is 0.921. The van der Waals surface area contributed by atoms with E-state index in [1.165, 1.54) is 4.88 Å². The number of thiazole rings is 1. The van der Waals surface area contributed by atoms with Crippen molar-refractivity contribution < 1.29 is 9.90 Å². The average Bonchev–Trinajstić information content (AvgIpc) is 2.92. The van der Waals surface area contributed by atoms with Crippen molar-refractivity contribution in [2.45, 2.75) is 58.5 Å². The lowest BCUT2D eigenvalue weighted by atomic mass is 9.91. The van der Waals surface area contributed by atoms with Gasteiger partial charge in [-0.05, 0) is 46.6 Å². The SMILES string of the molecule is CCC1(C(=O)O)CCCN1C(C)c1sc(C)nc1C. The summed E-state index contributed by atoms with van der Waals surface area (Å²) in [4.78, 5) is 19.6. The highest BCUT2D eigenvalue weighted by Gasteiger charge is 2.48. The second-order valence-electron chi connectivity index (χ2n) is 5.35. The summed E-state index contributed by atoms with van der Waals surface area (Å²) in [6, 6.07) is 0.129. The van der Waals surface area contributed by atoms with E-state index in [-0.39, 0.29) is 6.04 Å². The van der Waals surface area contributed by atoms with Gasteiger partial charge in [-0.25, -0.2) is 4.98 Å². The number of aromatic nitrogens is 1. The van der Waals surface area contributed by atoms with Gasteiger partial charge in [0.1, 0.15) is 5.54 Å². The van der Waals surface area contributed by atoms with Gasteiger partial charge >= 0.3 is 5.97 Å². The van der Waals surface area contributed by atoms with Crippen LogP contribution in [0, 0.1) is 13.8 Å². The first-order valence-corrected chi connectivity index (χ1v) is 7.68. The largest absolute Gasteiger partial charge is 0.480 e. The number of carboxylic acids is 1. The van der Waals surface area contributed by atoms with Crippen LogP contribution >= 0.6 is 11.3 Å². The fraction of sp³-hybridized carbons (Fsp3) is 0.714. The zero-order valence-electron chi connectivity index (χ0n) is 12.1. The van der Waals surface area contributed by atoms with Crippen molar-refractivity contribution in [1.82, 2.24) is 9.88 Å². The van der Waals surface area contributed by atoms with Crippen LogP contribution in [0.1, 0.15) is 54.7 Å². The summed E-state index contributed by atoms with van der Waals surface area (Å²) in [6.07, 6.45) is 2.37. The molecule has 2 heterocycles. The number of hydrogen-bond acceptors (Lipinski definition) is 4. The standard InChI is InChI=1S/C14H22N2O2S/c1-5-14(13(17)18)7-6-8-16(14)10(3)12-9(2)15-11(4)19-12/h10H,5-8H2,1-4H3,(H,17,18). The van der Waals surface area contributed by atoms with Gasteiger partial charge in [-0.1, -0.05) is 6.92 Å². The van der Waals surface area contributed by atoms with Crippen LogP contribution in [0.3, 0.4) is 0 Å². The van der Waals surface area contributed by atoms with E-state index in [1.54, 1.807) is 11.3 Å². The van der Waals surface area contributed by atoms with Gasteiger partial charge in [-0.15, -0.1) is 11.3 Å². The van der Waals surface area contributed by atoms with E-state index in [0.717, 1.165) is 30.1 Å². The van der Waals surface area contributed by atoms with Gasteiger partial charge in [-0.2, -0.15) is 0 Å². The third-order valence-electron chi connectivity index (χ3n) is 4.31. The lowest BCUT2D eigenvalue weighted by molar-refractivity contribution is -0.151. The maximum atomic E-state index is 11.7. The summed E-state index contributed by atoms with van der Waals surface area (Å²) in [5, 5.41) is 10.7. The van der Waals surface area contributed by atoms with E-state index in [2.05, 4.69) is 16.8 Å². The third-order valence-corrected chi connectivity index (χ3v) is 5.55. The van der Waals surface area contributed by atoms with Crippen LogP contribution in [0.15, 0.2) is 0 Å². The first kappa shape index (κ1) is 14.5. The van der Waals surface area contributed by atoms with Crippen LogP contribution < -0.4 is 0 Å². The molecule has 5 heteroatoms. The van der Waals surface area contributed by atoms with Gasteiger partial charge in [0.15, 0.2) is 0 Å². The van der Waals surface area contributed by atoms with Crippen LogP contribution in [-0.2, 0) is 4.79 Å². The molecule has 1 aromatic heterocycles. The topological polar surface area (TPSA) is 53.4 Å². The van der Waals surface area contributed by atoms with E-state index in [4.69, 9.17) is 0 Å². The van der Waals surface area contributed by atoms with Gasteiger partial charge in [-0.3, -0.25) is 9.69 Å². The summed E-state index contributed by atoms with van der Waals surface area (Å²) in [5.74, 6) is -0.682. The second-order valence-corrected chi connectivity index (χ2v) is 6.58. The zero-order chi connectivity index (χ0) is 14.2. The van der Waals surface area contributed by atoms with E-state index in [1.807, 2.05) is 20.8 Å². The van der Waals surface area contributed by atoms with Crippen molar-refractivity contribution in [3.05, 3.63) is 15.6 Å². The maximum Gasteiger partial charge on any atom is 0.324 e. The van der Waals surface area contributed by atoms with Crippen molar-refractivity contribution in [3.8, 4) is 0 Å². The van der Waals surface area contributed by atoms with Crippen molar-refractivity contribution in [2.24, 2.45) is 0 Å². The summed E-state index contributed by atoms with van der Waals surface area (Å²) < 4.78 is 0. The van der Waals surface area contributed by atoms with Crippen molar-refractivity contribution >= 4 is 17.3 Å². The number of aliphatic carboxylic acids is 1. The van der Waals surface area contributed by atoms with Crippen molar-refractivity contribution in [1.29, 1.82) is 0 Å². The highest BCUT2D eigenvalue weighted by molar-refractivity contribution is 7.11. The van der Waals surface area contributed by atoms with Gasteiger partial charge < -0.3 is 5.11 Å². The Morgan fingerprint density at radius 1 is 1.58 bits per heavy atom. The Hall–Kier alpha value is -0.940. The molecule has 2 rings (SSSR count). The number of carboxylic acid groups (broad SMARTS) is 1. The molecule has 1 saturated heterocycles. The summed E-state index contributed by atoms with van der Waals surface area (Å²) in [6.45, 7) is 8.96. The molecule has 4 nitrogen and oxygen atoms in total. The molecule has 2 atom stereocenters. The molecule has 2 unspecified atom stereocenters. The van der Waals surface area contributed by atoms with Crippen LogP contribution in [0.5, 0.6) is 0 Å². The van der Waals surface area contributed by atoms with Gasteiger partial charge in [0.25, 0.3) is 0 Å². The lowest BCUT2D eigenvalue weighted by Gasteiger charge is -2.38. The predicted molar refractivity (Wildman–Crippen MR) is 76.6 cm³/mol. The Morgan fingerprint density at radius 2 is 2.26 bits per heavy atom. The number of rotatable bonds is 4. The number of hydrogen-bond donors (Lipinski definition) is 1. The van der Waals surface area contributed by atoms with E-state index < -0.39 is 11.5 Å². The molecular formula is C14H22N2O2S. The Balaban J connectivity index is 2.35. The molecule has 19 heavy (non-hydrogen) atoms. The highest BCUT2D eigenvalue weighted by atomic mass is 32.1. The summed E-state index contributed by atoms with van der Waals surface area (Å²) in [7, 11) is 0.